The molecule has 1 atom stereocenters. The zero-order valence-corrected chi connectivity index (χ0v) is 8.19. The third-order valence-corrected chi connectivity index (χ3v) is 2.21. The van der Waals surface area contributed by atoms with Gasteiger partial charge in [-0.2, -0.15) is 0 Å². The normalized spacial score (nSPS) is 26.6. The second kappa shape index (κ2) is 4.68. The maximum Gasteiger partial charge on any atom is 0.323 e. The van der Waals surface area contributed by atoms with Crippen molar-refractivity contribution < 1.29 is 18.3 Å². The molecule has 1 rings (SSSR count). The molecule has 0 bridgehead atoms. The predicted octanol–water partition coefficient (Wildman–Crippen LogP) is 1.33. The molecule has 0 aromatic heterocycles. The molecule has 0 aliphatic carbocycles. The molecule has 0 aromatic rings. The summed E-state index contributed by atoms with van der Waals surface area (Å²) in [5, 5.41) is 2.53. The first kappa shape index (κ1) is 11.4. The van der Waals surface area contributed by atoms with Crippen LogP contribution in [-0.2, 0) is 9.53 Å². The summed E-state index contributed by atoms with van der Waals surface area (Å²) in [5.74, 6) is -3.12. The van der Waals surface area contributed by atoms with Crippen LogP contribution >= 0.6 is 0 Å². The molecule has 3 nitrogen and oxygen atoms in total. The van der Waals surface area contributed by atoms with Crippen LogP contribution in [0.4, 0.5) is 8.78 Å². The minimum atomic E-state index is -2.69. The van der Waals surface area contributed by atoms with Gasteiger partial charge in [0.2, 0.25) is 0 Å². The van der Waals surface area contributed by atoms with E-state index < -0.39 is 24.5 Å². The zero-order valence-electron chi connectivity index (χ0n) is 8.19. The summed E-state index contributed by atoms with van der Waals surface area (Å²) >= 11 is 0. The highest BCUT2D eigenvalue weighted by Crippen LogP contribution is 2.24. The Morgan fingerprint density at radius 1 is 1.64 bits per heavy atom. The molecule has 1 saturated heterocycles. The van der Waals surface area contributed by atoms with Crippen LogP contribution in [0.15, 0.2) is 0 Å². The van der Waals surface area contributed by atoms with Crippen molar-refractivity contribution in [1.29, 1.82) is 0 Å². The zero-order chi connectivity index (χ0) is 10.6. The largest absolute Gasteiger partial charge is 0.465 e. The maximum absolute atomic E-state index is 12.9. The number of hydrogen-bond acceptors (Lipinski definition) is 3. The van der Waals surface area contributed by atoms with Gasteiger partial charge >= 0.3 is 5.97 Å². The summed E-state index contributed by atoms with van der Waals surface area (Å²) in [4.78, 5) is 11.2. The summed E-state index contributed by atoms with van der Waals surface area (Å²) in [7, 11) is 0. The third-order valence-electron chi connectivity index (χ3n) is 2.21. The number of esters is 1. The van der Waals surface area contributed by atoms with Crippen LogP contribution in [0.3, 0.4) is 0 Å². The number of ether oxygens (including phenoxy) is 1. The molecular weight excluding hydrogens is 192 g/mol. The molecule has 1 aliphatic rings. The summed E-state index contributed by atoms with van der Waals surface area (Å²) < 4.78 is 30.5. The van der Waals surface area contributed by atoms with Crippen molar-refractivity contribution in [2.75, 3.05) is 13.2 Å². The fourth-order valence-corrected chi connectivity index (χ4v) is 1.47. The average molecular weight is 207 g/mol. The molecule has 0 spiro atoms. The van der Waals surface area contributed by atoms with Gasteiger partial charge in [0.05, 0.1) is 13.2 Å². The third kappa shape index (κ3) is 3.21. The first-order chi connectivity index (χ1) is 6.55. The first-order valence-corrected chi connectivity index (χ1v) is 4.83. The molecule has 1 aliphatic heterocycles. The highest BCUT2D eigenvalue weighted by atomic mass is 19.3. The minimum absolute atomic E-state index is 0.157. The molecule has 0 radical (unpaired) electrons. The SMILES string of the molecule is CCOC(=O)C1CCCC(F)(F)CN1. The summed E-state index contributed by atoms with van der Waals surface area (Å²) in [6.45, 7) is 1.55. The number of hydrogen-bond donors (Lipinski definition) is 1. The number of nitrogens with one attached hydrogen (secondary N) is 1. The highest BCUT2D eigenvalue weighted by Gasteiger charge is 2.34. The van der Waals surface area contributed by atoms with Gasteiger partial charge in [-0.15, -0.1) is 0 Å². The molecule has 0 saturated carbocycles. The summed E-state index contributed by atoms with van der Waals surface area (Å²) in [5.41, 5.74) is 0. The van der Waals surface area contributed by atoms with Crippen molar-refractivity contribution in [2.45, 2.75) is 38.2 Å². The Kier molecular flexibility index (Phi) is 3.80. The first-order valence-electron chi connectivity index (χ1n) is 4.83. The molecule has 0 aromatic carbocycles. The van der Waals surface area contributed by atoms with Gasteiger partial charge in [0.1, 0.15) is 6.04 Å². The van der Waals surface area contributed by atoms with E-state index in [2.05, 4.69) is 5.32 Å². The van der Waals surface area contributed by atoms with Crippen LogP contribution < -0.4 is 5.32 Å². The second-order valence-electron chi connectivity index (χ2n) is 3.43. The van der Waals surface area contributed by atoms with Gasteiger partial charge in [-0.25, -0.2) is 8.78 Å². The molecule has 1 N–H and O–H groups in total. The quantitative estimate of drug-likeness (QED) is 0.694. The van der Waals surface area contributed by atoms with Gasteiger partial charge in [-0.1, -0.05) is 0 Å². The Morgan fingerprint density at radius 3 is 3.00 bits per heavy atom. The molecule has 82 valence electrons. The molecule has 1 heterocycles. The topological polar surface area (TPSA) is 38.3 Å². The molecule has 14 heavy (non-hydrogen) atoms. The Labute approximate surface area is 81.8 Å². The van der Waals surface area contributed by atoms with Gasteiger partial charge in [0.15, 0.2) is 0 Å². The van der Waals surface area contributed by atoms with Crippen LogP contribution in [0.5, 0.6) is 0 Å². The van der Waals surface area contributed by atoms with Crippen LogP contribution in [0.1, 0.15) is 26.2 Å². The van der Waals surface area contributed by atoms with E-state index in [1.165, 1.54) is 0 Å². The van der Waals surface area contributed by atoms with Crippen LogP contribution in [-0.4, -0.2) is 31.1 Å². The van der Waals surface area contributed by atoms with Gasteiger partial charge in [0.25, 0.3) is 5.92 Å². The average Bonchev–Trinajstić information content (AvgIpc) is 2.27. The number of halogens is 2. The monoisotopic (exact) mass is 207 g/mol. The lowest BCUT2D eigenvalue weighted by Crippen LogP contribution is -2.41. The Bertz CT molecular complexity index is 209. The van der Waals surface area contributed by atoms with Gasteiger partial charge in [-0.05, 0) is 19.8 Å². The van der Waals surface area contributed by atoms with Gasteiger partial charge in [0, 0.05) is 6.42 Å². The van der Waals surface area contributed by atoms with Crippen molar-refractivity contribution >= 4 is 5.97 Å². The standard InChI is InChI=1S/C9H15F2NO2/c1-2-14-8(13)7-4-3-5-9(10,11)6-12-7/h7,12H,2-6H2,1H3. The Balaban J connectivity index is 2.45. The van der Waals surface area contributed by atoms with E-state index in [0.29, 0.717) is 12.8 Å². The van der Waals surface area contributed by atoms with E-state index >= 15 is 0 Å². The number of alkyl halides is 2. The Morgan fingerprint density at radius 2 is 2.36 bits per heavy atom. The highest BCUT2D eigenvalue weighted by molar-refractivity contribution is 5.75. The van der Waals surface area contributed by atoms with Gasteiger partial charge in [-0.3, -0.25) is 10.1 Å². The van der Waals surface area contributed by atoms with E-state index in [1.807, 2.05) is 0 Å². The van der Waals surface area contributed by atoms with E-state index in [1.54, 1.807) is 6.92 Å². The minimum Gasteiger partial charge on any atom is -0.465 e. The van der Waals surface area contributed by atoms with E-state index in [0.717, 1.165) is 0 Å². The molecule has 1 unspecified atom stereocenters. The fourth-order valence-electron chi connectivity index (χ4n) is 1.47. The van der Waals surface area contributed by atoms with Crippen LogP contribution in [0, 0.1) is 0 Å². The van der Waals surface area contributed by atoms with Crippen molar-refractivity contribution in [1.82, 2.24) is 5.32 Å². The smallest absolute Gasteiger partial charge is 0.323 e. The predicted molar refractivity (Wildman–Crippen MR) is 47.2 cm³/mol. The van der Waals surface area contributed by atoms with Crippen molar-refractivity contribution in [3.8, 4) is 0 Å². The summed E-state index contributed by atoms with van der Waals surface area (Å²) in [6.07, 6.45) is 0.619. The number of carbonyl (C=O) groups excluding carboxylic acids is 1. The summed E-state index contributed by atoms with van der Waals surface area (Å²) in [6, 6.07) is -0.566. The van der Waals surface area contributed by atoms with E-state index in [4.69, 9.17) is 4.74 Å². The lowest BCUT2D eigenvalue weighted by atomic mass is 10.1. The van der Waals surface area contributed by atoms with Crippen LogP contribution in [0.2, 0.25) is 0 Å². The molecule has 5 heteroatoms. The van der Waals surface area contributed by atoms with Crippen LogP contribution in [0.25, 0.3) is 0 Å². The fraction of sp³-hybridized carbons (Fsp3) is 0.889. The lowest BCUT2D eigenvalue weighted by molar-refractivity contribution is -0.145. The number of rotatable bonds is 2. The van der Waals surface area contributed by atoms with Crippen molar-refractivity contribution in [2.24, 2.45) is 0 Å². The van der Waals surface area contributed by atoms with Crippen molar-refractivity contribution in [3.05, 3.63) is 0 Å². The molecular formula is C9H15F2NO2. The van der Waals surface area contributed by atoms with E-state index in [9.17, 15) is 13.6 Å². The maximum atomic E-state index is 12.9. The molecule has 1 fully saturated rings. The second-order valence-corrected chi connectivity index (χ2v) is 3.43. The molecule has 0 amide bonds. The number of carbonyl (C=O) groups is 1. The van der Waals surface area contributed by atoms with Crippen molar-refractivity contribution in [3.63, 3.8) is 0 Å². The Hall–Kier alpha value is -0.710. The lowest BCUT2D eigenvalue weighted by Gasteiger charge is -2.15. The van der Waals surface area contributed by atoms with Gasteiger partial charge < -0.3 is 4.74 Å². The van der Waals surface area contributed by atoms with E-state index in [-0.39, 0.29) is 13.0 Å².